The Bertz CT molecular complexity index is 879. The molecule has 0 N–H and O–H groups in total. The third kappa shape index (κ3) is 4.02. The summed E-state index contributed by atoms with van der Waals surface area (Å²) in [6, 6.07) is 14.6. The molecule has 0 aliphatic carbocycles. The molecule has 0 fully saturated rings. The molecule has 1 aromatic carbocycles. The number of benzene rings is 1. The summed E-state index contributed by atoms with van der Waals surface area (Å²) >= 11 is 3.10. The lowest BCUT2D eigenvalue weighted by Gasteiger charge is -2.01. The molecule has 0 bridgehead atoms. The Morgan fingerprint density at radius 2 is 1.79 bits per heavy atom. The van der Waals surface area contributed by atoms with Crippen molar-refractivity contribution in [2.24, 2.45) is 7.05 Å². The van der Waals surface area contributed by atoms with Crippen molar-refractivity contribution in [1.82, 2.24) is 0 Å². The van der Waals surface area contributed by atoms with Gasteiger partial charge in [-0.15, -0.1) is 11.3 Å². The summed E-state index contributed by atoms with van der Waals surface area (Å²) in [4.78, 5) is 13.9. The summed E-state index contributed by atoms with van der Waals surface area (Å²) in [5.41, 5.74) is 3.58. The Kier molecular flexibility index (Phi) is 5.28. The van der Waals surface area contributed by atoms with Crippen LogP contribution < -0.4 is 4.57 Å². The molecule has 3 aromatic rings. The van der Waals surface area contributed by atoms with Crippen LogP contribution in [0.5, 0.6) is 0 Å². The summed E-state index contributed by atoms with van der Waals surface area (Å²) in [7, 11) is 2.04. The molecule has 120 valence electrons. The second-order valence-corrected chi connectivity index (χ2v) is 7.55. The summed E-state index contributed by atoms with van der Waals surface area (Å²) in [5, 5.41) is 1.95. The van der Waals surface area contributed by atoms with Crippen LogP contribution in [0.1, 0.15) is 26.5 Å². The van der Waals surface area contributed by atoms with Crippen LogP contribution in [0.4, 0.5) is 0 Å². The first-order valence-corrected chi connectivity index (χ1v) is 9.30. The number of hydrogen-bond donors (Lipinski definition) is 0. The van der Waals surface area contributed by atoms with Gasteiger partial charge in [0, 0.05) is 28.8 Å². The maximum Gasteiger partial charge on any atom is 0.178 e. The molecule has 0 saturated carbocycles. The summed E-state index contributed by atoms with van der Waals surface area (Å²) in [6.45, 7) is 2.10. The van der Waals surface area contributed by atoms with Crippen molar-refractivity contribution in [1.29, 1.82) is 0 Å². The van der Waals surface area contributed by atoms with Gasteiger partial charge in [0.15, 0.2) is 18.2 Å². The number of nitrogens with zero attached hydrogens (tertiary/aromatic N) is 1. The van der Waals surface area contributed by atoms with Crippen molar-refractivity contribution in [3.8, 4) is 0 Å². The van der Waals surface area contributed by atoms with Gasteiger partial charge in [0.05, 0.1) is 4.88 Å². The molecular formula is C20H18NOS2+. The highest BCUT2D eigenvalue weighted by atomic mass is 32.2. The predicted molar refractivity (Wildman–Crippen MR) is 102 cm³/mol. The van der Waals surface area contributed by atoms with E-state index in [-0.39, 0.29) is 0 Å². The van der Waals surface area contributed by atoms with Crippen LogP contribution in [-0.2, 0) is 7.05 Å². The van der Waals surface area contributed by atoms with Gasteiger partial charge in [-0.2, -0.15) is 0 Å². The molecule has 0 aliphatic heterocycles. The first-order chi connectivity index (χ1) is 11.7. The highest BCUT2D eigenvalue weighted by molar-refractivity contribution is 7.99. The number of aryl methyl sites for hydroxylation is 2. The van der Waals surface area contributed by atoms with Crippen LogP contribution in [0, 0.1) is 6.92 Å². The van der Waals surface area contributed by atoms with E-state index in [4.69, 9.17) is 0 Å². The molecule has 2 aromatic heterocycles. The molecule has 24 heavy (non-hydrogen) atoms. The monoisotopic (exact) mass is 352 g/mol. The number of thiophene rings is 1. The average Bonchev–Trinajstić information content (AvgIpc) is 3.04. The van der Waals surface area contributed by atoms with E-state index >= 15 is 0 Å². The smallest absolute Gasteiger partial charge is 0.178 e. The molecular weight excluding hydrogens is 334 g/mol. The molecule has 3 rings (SSSR count). The van der Waals surface area contributed by atoms with Crippen molar-refractivity contribution in [3.63, 3.8) is 0 Å². The minimum Gasteiger partial charge on any atom is -0.297 e. The molecule has 0 spiro atoms. The molecule has 0 saturated heterocycles. The highest BCUT2D eigenvalue weighted by Crippen LogP contribution is 2.32. The fourth-order valence-corrected chi connectivity index (χ4v) is 4.01. The van der Waals surface area contributed by atoms with Gasteiger partial charge in [-0.25, -0.2) is 4.57 Å². The maximum atomic E-state index is 11.0. The lowest BCUT2D eigenvalue weighted by Crippen LogP contribution is -2.30. The summed E-state index contributed by atoms with van der Waals surface area (Å²) in [5.74, 6) is 0. The van der Waals surface area contributed by atoms with Crippen molar-refractivity contribution >= 4 is 41.5 Å². The molecule has 0 atom stereocenters. The Morgan fingerprint density at radius 1 is 1.04 bits per heavy atom. The zero-order chi connectivity index (χ0) is 16.9. The number of aromatic nitrogens is 1. The summed E-state index contributed by atoms with van der Waals surface area (Å²) in [6.07, 6.45) is 7.23. The third-order valence-electron chi connectivity index (χ3n) is 3.76. The minimum absolute atomic E-state index is 0.789. The van der Waals surface area contributed by atoms with Crippen molar-refractivity contribution < 1.29 is 9.36 Å². The lowest BCUT2D eigenvalue weighted by molar-refractivity contribution is -0.677. The van der Waals surface area contributed by atoms with Crippen molar-refractivity contribution in [3.05, 3.63) is 75.7 Å². The van der Waals surface area contributed by atoms with E-state index in [1.165, 1.54) is 22.6 Å². The normalized spacial score (nSPS) is 11.1. The number of rotatable bonds is 5. The standard InChI is InChI=1S/C20H18NOS2/c1-15-13-17(9-11-21(15)2)4-3-16-5-7-18(8-6-16)24-19-10-12-23-20(19)14-22/h3-14H,1-2H3/q+1/b4-3+. The van der Waals surface area contributed by atoms with Gasteiger partial charge in [-0.05, 0) is 34.7 Å². The number of hydrogen-bond acceptors (Lipinski definition) is 3. The molecule has 0 unspecified atom stereocenters. The first-order valence-electron chi connectivity index (χ1n) is 7.60. The topological polar surface area (TPSA) is 20.9 Å². The zero-order valence-electron chi connectivity index (χ0n) is 13.6. The highest BCUT2D eigenvalue weighted by Gasteiger charge is 2.05. The van der Waals surface area contributed by atoms with E-state index in [0.29, 0.717) is 0 Å². The molecule has 2 nitrogen and oxygen atoms in total. The molecule has 0 radical (unpaired) electrons. The van der Waals surface area contributed by atoms with E-state index in [9.17, 15) is 4.79 Å². The number of carbonyl (C=O) groups excluding carboxylic acids is 1. The van der Waals surface area contributed by atoms with Gasteiger partial charge in [0.25, 0.3) is 0 Å². The SMILES string of the molecule is Cc1cc(/C=C/c2ccc(Sc3ccsc3C=O)cc2)cc[n+]1C. The van der Waals surface area contributed by atoms with Gasteiger partial charge < -0.3 is 0 Å². The third-order valence-corrected chi connectivity index (χ3v) is 5.82. The number of pyridine rings is 1. The van der Waals surface area contributed by atoms with Gasteiger partial charge in [-0.3, -0.25) is 4.79 Å². The zero-order valence-corrected chi connectivity index (χ0v) is 15.2. The van der Waals surface area contributed by atoms with Crippen LogP contribution in [-0.4, -0.2) is 6.29 Å². The Balaban J connectivity index is 1.71. The molecule has 4 heteroatoms. The minimum atomic E-state index is 0.789. The second kappa shape index (κ2) is 7.60. The molecule has 0 aliphatic rings. The van der Waals surface area contributed by atoms with Crippen LogP contribution in [0.15, 0.2) is 63.8 Å². The molecule has 2 heterocycles. The Labute approximate surface area is 150 Å². The van der Waals surface area contributed by atoms with E-state index in [1.807, 2.05) is 18.5 Å². The van der Waals surface area contributed by atoms with Gasteiger partial charge in [-0.1, -0.05) is 36.0 Å². The van der Waals surface area contributed by atoms with Crippen LogP contribution in [0.2, 0.25) is 0 Å². The first kappa shape index (κ1) is 16.7. The van der Waals surface area contributed by atoms with Gasteiger partial charge >= 0.3 is 0 Å². The van der Waals surface area contributed by atoms with E-state index < -0.39 is 0 Å². The van der Waals surface area contributed by atoms with Crippen LogP contribution in [0.3, 0.4) is 0 Å². The van der Waals surface area contributed by atoms with Crippen LogP contribution in [0.25, 0.3) is 12.2 Å². The Morgan fingerprint density at radius 3 is 2.50 bits per heavy atom. The van der Waals surface area contributed by atoms with Crippen molar-refractivity contribution in [2.75, 3.05) is 0 Å². The second-order valence-electron chi connectivity index (χ2n) is 5.48. The van der Waals surface area contributed by atoms with Crippen molar-refractivity contribution in [2.45, 2.75) is 16.7 Å². The predicted octanol–water partition coefficient (Wildman–Crippen LogP) is 5.02. The fourth-order valence-electron chi connectivity index (χ4n) is 2.26. The Hall–Kier alpha value is -2.17. The lowest BCUT2D eigenvalue weighted by atomic mass is 10.1. The number of carbonyl (C=O) groups is 1. The van der Waals surface area contributed by atoms with Crippen LogP contribution >= 0.6 is 23.1 Å². The van der Waals surface area contributed by atoms with E-state index in [1.54, 1.807) is 11.8 Å². The largest absolute Gasteiger partial charge is 0.297 e. The molecule has 0 amide bonds. The average molecular weight is 353 g/mol. The summed E-state index contributed by atoms with van der Waals surface area (Å²) < 4.78 is 2.10. The quantitative estimate of drug-likeness (QED) is 0.475. The maximum absolute atomic E-state index is 11.0. The van der Waals surface area contributed by atoms with Gasteiger partial charge in [0.1, 0.15) is 7.05 Å². The van der Waals surface area contributed by atoms with E-state index in [2.05, 4.69) is 66.2 Å². The fraction of sp³-hybridized carbons (Fsp3) is 0.100. The van der Waals surface area contributed by atoms with E-state index in [0.717, 1.165) is 26.5 Å². The number of aldehydes is 1. The van der Waals surface area contributed by atoms with Gasteiger partial charge in [0.2, 0.25) is 0 Å².